The van der Waals surface area contributed by atoms with Gasteiger partial charge in [-0.05, 0) is 42.0 Å². The Morgan fingerprint density at radius 2 is 1.87 bits per heavy atom. The van der Waals surface area contributed by atoms with Crippen LogP contribution in [0.25, 0.3) is 11.0 Å². The topological polar surface area (TPSA) is 59.8 Å². The molecule has 0 fully saturated rings. The summed E-state index contributed by atoms with van der Waals surface area (Å²) in [6, 6.07) is 19.0. The van der Waals surface area contributed by atoms with Gasteiger partial charge in [0, 0.05) is 35.6 Å². The van der Waals surface area contributed by atoms with Crippen molar-refractivity contribution in [3.8, 4) is 0 Å². The number of halogens is 2. The number of para-hydroxylation sites is 2. The fourth-order valence-electron chi connectivity index (χ4n) is 3.34. The molecule has 4 aromatic rings. The average Bonchev–Trinajstić information content (AvgIpc) is 3.10. The minimum atomic E-state index is -0.0334. The number of amides is 1. The quantitative estimate of drug-likeness (QED) is 0.439. The second-order valence-electron chi connectivity index (χ2n) is 6.93. The Labute approximate surface area is 184 Å². The Morgan fingerprint density at radius 3 is 2.67 bits per heavy atom. The monoisotopic (exact) mass is 438 g/mol. The van der Waals surface area contributed by atoms with Gasteiger partial charge in [0.05, 0.1) is 23.3 Å². The van der Waals surface area contributed by atoms with Crippen molar-refractivity contribution in [2.45, 2.75) is 25.9 Å². The molecule has 5 nitrogen and oxygen atoms in total. The van der Waals surface area contributed by atoms with Gasteiger partial charge in [0.1, 0.15) is 5.82 Å². The minimum absolute atomic E-state index is 0.0334. The normalized spacial score (nSPS) is 11.0. The lowest BCUT2D eigenvalue weighted by Gasteiger charge is -2.11. The maximum Gasteiger partial charge on any atom is 0.222 e. The number of carbonyl (C=O) groups is 1. The summed E-state index contributed by atoms with van der Waals surface area (Å²) >= 11 is 12.4. The summed E-state index contributed by atoms with van der Waals surface area (Å²) in [6.07, 6.45) is 2.61. The first-order valence-corrected chi connectivity index (χ1v) is 10.4. The number of hydrogen-bond donors (Lipinski definition) is 1. The van der Waals surface area contributed by atoms with E-state index in [9.17, 15) is 4.79 Å². The van der Waals surface area contributed by atoms with Crippen LogP contribution in [0, 0.1) is 0 Å². The van der Waals surface area contributed by atoms with E-state index in [0.29, 0.717) is 36.0 Å². The van der Waals surface area contributed by atoms with Crippen molar-refractivity contribution in [1.29, 1.82) is 0 Å². The number of carbonyl (C=O) groups excluding carboxylic acids is 1. The van der Waals surface area contributed by atoms with Gasteiger partial charge in [0.15, 0.2) is 0 Å². The summed E-state index contributed by atoms with van der Waals surface area (Å²) < 4.78 is 2.08. The van der Waals surface area contributed by atoms with E-state index in [2.05, 4.69) is 14.9 Å². The van der Waals surface area contributed by atoms with Crippen molar-refractivity contribution in [2.24, 2.45) is 0 Å². The van der Waals surface area contributed by atoms with E-state index >= 15 is 0 Å². The zero-order valence-electron chi connectivity index (χ0n) is 16.2. The smallest absolute Gasteiger partial charge is 0.222 e. The van der Waals surface area contributed by atoms with E-state index < -0.39 is 0 Å². The van der Waals surface area contributed by atoms with E-state index in [0.717, 1.165) is 28.1 Å². The largest absolute Gasteiger partial charge is 0.350 e. The van der Waals surface area contributed by atoms with E-state index in [1.165, 1.54) is 0 Å². The number of imidazole rings is 1. The van der Waals surface area contributed by atoms with E-state index in [4.69, 9.17) is 28.2 Å². The summed E-state index contributed by atoms with van der Waals surface area (Å²) in [6.45, 7) is 0.937. The van der Waals surface area contributed by atoms with Gasteiger partial charge in [-0.1, -0.05) is 47.5 Å². The van der Waals surface area contributed by atoms with Gasteiger partial charge in [-0.15, -0.1) is 0 Å². The number of fused-ring (bicyclic) bond motifs is 1. The zero-order chi connectivity index (χ0) is 20.9. The molecule has 7 heteroatoms. The molecule has 2 aromatic carbocycles. The molecule has 4 rings (SSSR count). The highest BCUT2D eigenvalue weighted by atomic mass is 35.5. The van der Waals surface area contributed by atoms with Crippen LogP contribution in [-0.4, -0.2) is 20.4 Å². The highest BCUT2D eigenvalue weighted by molar-refractivity contribution is 6.35. The Kier molecular flexibility index (Phi) is 6.31. The van der Waals surface area contributed by atoms with Crippen LogP contribution in [0.5, 0.6) is 0 Å². The first-order chi connectivity index (χ1) is 14.6. The molecule has 0 aliphatic heterocycles. The lowest BCUT2D eigenvalue weighted by Crippen LogP contribution is -2.24. The Bertz CT molecular complexity index is 1170. The van der Waals surface area contributed by atoms with Crippen LogP contribution in [-0.2, 0) is 24.3 Å². The van der Waals surface area contributed by atoms with Crippen LogP contribution in [0.3, 0.4) is 0 Å². The van der Waals surface area contributed by atoms with Gasteiger partial charge in [-0.2, -0.15) is 0 Å². The number of rotatable bonds is 7. The molecule has 1 N–H and O–H groups in total. The van der Waals surface area contributed by atoms with Gasteiger partial charge in [-0.25, -0.2) is 4.98 Å². The molecule has 2 aromatic heterocycles. The van der Waals surface area contributed by atoms with Crippen LogP contribution < -0.4 is 5.32 Å². The molecule has 0 radical (unpaired) electrons. The van der Waals surface area contributed by atoms with E-state index in [1.54, 1.807) is 12.3 Å². The molecule has 0 spiro atoms. The number of aryl methyl sites for hydroxylation is 1. The lowest BCUT2D eigenvalue weighted by atomic mass is 10.1. The highest BCUT2D eigenvalue weighted by Crippen LogP contribution is 2.25. The molecule has 2 heterocycles. The molecule has 1 amide bonds. The predicted molar refractivity (Wildman–Crippen MR) is 120 cm³/mol. The van der Waals surface area contributed by atoms with Crippen molar-refractivity contribution in [2.75, 3.05) is 0 Å². The van der Waals surface area contributed by atoms with E-state index in [1.807, 2.05) is 54.6 Å². The third-order valence-corrected chi connectivity index (χ3v) is 5.44. The fourth-order valence-corrected chi connectivity index (χ4v) is 3.81. The van der Waals surface area contributed by atoms with Gasteiger partial charge in [0.2, 0.25) is 5.91 Å². The molecule has 0 unspecified atom stereocenters. The van der Waals surface area contributed by atoms with Crippen molar-refractivity contribution >= 4 is 40.1 Å². The second-order valence-corrected chi connectivity index (χ2v) is 7.77. The predicted octanol–water partition coefficient (Wildman–Crippen LogP) is 5.04. The number of aromatic nitrogens is 3. The molecule has 152 valence electrons. The maximum atomic E-state index is 12.4. The number of pyridine rings is 1. The molecule has 0 bridgehead atoms. The van der Waals surface area contributed by atoms with Crippen LogP contribution in [0.1, 0.15) is 23.5 Å². The molecule has 0 saturated heterocycles. The molecular formula is C23H20Cl2N4O. The molecule has 0 aliphatic carbocycles. The highest BCUT2D eigenvalue weighted by Gasteiger charge is 2.14. The standard InChI is InChI=1S/C23H20Cl2N4O/c24-17-9-8-16(19(25)14-17)13-22-28-20-6-1-2-7-21(20)29(22)12-10-23(30)27-15-18-5-3-4-11-26-18/h1-9,11,14H,10,12-13,15H2,(H,27,30). The van der Waals surface area contributed by atoms with Crippen molar-refractivity contribution in [3.05, 3.63) is 94.0 Å². The SMILES string of the molecule is O=C(CCn1c(Cc2ccc(Cl)cc2Cl)nc2ccccc21)NCc1ccccn1. The van der Waals surface area contributed by atoms with Gasteiger partial charge < -0.3 is 9.88 Å². The fraction of sp³-hybridized carbons (Fsp3) is 0.174. The molecule has 0 atom stereocenters. The average molecular weight is 439 g/mol. The number of benzene rings is 2. The maximum absolute atomic E-state index is 12.4. The Morgan fingerprint density at radius 1 is 1.03 bits per heavy atom. The van der Waals surface area contributed by atoms with Crippen LogP contribution in [0.2, 0.25) is 10.0 Å². The summed E-state index contributed by atoms with van der Waals surface area (Å²) in [4.78, 5) is 21.4. The summed E-state index contributed by atoms with van der Waals surface area (Å²) in [7, 11) is 0. The van der Waals surface area contributed by atoms with Crippen LogP contribution >= 0.6 is 23.2 Å². The third kappa shape index (κ3) is 4.81. The zero-order valence-corrected chi connectivity index (χ0v) is 17.7. The number of nitrogens with one attached hydrogen (secondary N) is 1. The Balaban J connectivity index is 1.50. The van der Waals surface area contributed by atoms with Crippen LogP contribution in [0.15, 0.2) is 66.9 Å². The molecule has 0 saturated carbocycles. The summed E-state index contributed by atoms with van der Waals surface area (Å²) in [5.41, 5.74) is 3.66. The first kappa shape index (κ1) is 20.4. The minimum Gasteiger partial charge on any atom is -0.350 e. The summed E-state index contributed by atoms with van der Waals surface area (Å²) in [5.74, 6) is 0.826. The summed E-state index contributed by atoms with van der Waals surface area (Å²) in [5, 5.41) is 4.13. The van der Waals surface area contributed by atoms with Gasteiger partial charge >= 0.3 is 0 Å². The number of hydrogen-bond acceptors (Lipinski definition) is 3. The molecule has 30 heavy (non-hydrogen) atoms. The molecule has 0 aliphatic rings. The van der Waals surface area contributed by atoms with Crippen molar-refractivity contribution in [3.63, 3.8) is 0 Å². The van der Waals surface area contributed by atoms with Crippen LogP contribution in [0.4, 0.5) is 0 Å². The lowest BCUT2D eigenvalue weighted by molar-refractivity contribution is -0.121. The second kappa shape index (κ2) is 9.28. The van der Waals surface area contributed by atoms with Gasteiger partial charge in [-0.3, -0.25) is 9.78 Å². The Hall–Kier alpha value is -2.89. The van der Waals surface area contributed by atoms with Crippen molar-refractivity contribution in [1.82, 2.24) is 19.9 Å². The van der Waals surface area contributed by atoms with Gasteiger partial charge in [0.25, 0.3) is 0 Å². The molecular weight excluding hydrogens is 419 g/mol. The van der Waals surface area contributed by atoms with Crippen molar-refractivity contribution < 1.29 is 4.79 Å². The van der Waals surface area contributed by atoms with E-state index in [-0.39, 0.29) is 5.91 Å². The first-order valence-electron chi connectivity index (χ1n) is 9.65. The number of nitrogens with zero attached hydrogens (tertiary/aromatic N) is 3. The third-order valence-electron chi connectivity index (χ3n) is 4.85.